The summed E-state index contributed by atoms with van der Waals surface area (Å²) in [7, 11) is 0. The van der Waals surface area contributed by atoms with Gasteiger partial charge in [0.05, 0.1) is 0 Å². The molecule has 0 heterocycles. The Morgan fingerprint density at radius 3 is 2.80 bits per heavy atom. The monoisotopic (exact) mass is 211 g/mol. The van der Waals surface area contributed by atoms with Gasteiger partial charge in [0.2, 0.25) is 0 Å². The van der Waals surface area contributed by atoms with Gasteiger partial charge in [-0.05, 0) is 43.4 Å². The SMILES string of the molecule is C=CC1CCCC([C@@H](C)CCC(N)O)C1. The van der Waals surface area contributed by atoms with Crippen LogP contribution in [-0.4, -0.2) is 11.3 Å². The molecule has 0 amide bonds. The Kier molecular flexibility index (Phi) is 5.34. The molecule has 1 rings (SSSR count). The van der Waals surface area contributed by atoms with Gasteiger partial charge in [-0.3, -0.25) is 0 Å². The number of nitrogens with two attached hydrogens (primary N) is 1. The van der Waals surface area contributed by atoms with E-state index < -0.39 is 6.23 Å². The minimum Gasteiger partial charge on any atom is -0.379 e. The molecule has 15 heavy (non-hydrogen) atoms. The Labute approximate surface area is 93.6 Å². The maximum Gasteiger partial charge on any atom is 0.102 e. The van der Waals surface area contributed by atoms with Crippen molar-refractivity contribution in [3.8, 4) is 0 Å². The van der Waals surface area contributed by atoms with Crippen molar-refractivity contribution in [1.29, 1.82) is 0 Å². The summed E-state index contributed by atoms with van der Waals surface area (Å²) in [5.41, 5.74) is 5.36. The van der Waals surface area contributed by atoms with E-state index in [0.717, 1.165) is 18.8 Å². The lowest BCUT2D eigenvalue weighted by Gasteiger charge is -2.31. The Balaban J connectivity index is 2.31. The minimum atomic E-state index is -0.633. The van der Waals surface area contributed by atoms with Crippen LogP contribution in [0.3, 0.4) is 0 Å². The maximum atomic E-state index is 9.06. The molecule has 0 radical (unpaired) electrons. The number of hydrogen-bond acceptors (Lipinski definition) is 2. The second-order valence-corrected chi connectivity index (χ2v) is 5.04. The fourth-order valence-corrected chi connectivity index (χ4v) is 2.67. The summed E-state index contributed by atoms with van der Waals surface area (Å²) in [5.74, 6) is 2.21. The molecule has 0 aromatic carbocycles. The predicted molar refractivity (Wildman–Crippen MR) is 64.2 cm³/mol. The number of rotatable bonds is 5. The van der Waals surface area contributed by atoms with Gasteiger partial charge < -0.3 is 10.8 Å². The van der Waals surface area contributed by atoms with Crippen molar-refractivity contribution in [3.05, 3.63) is 12.7 Å². The van der Waals surface area contributed by atoms with E-state index in [1.54, 1.807) is 0 Å². The van der Waals surface area contributed by atoms with E-state index in [0.29, 0.717) is 11.8 Å². The van der Waals surface area contributed by atoms with Gasteiger partial charge in [0, 0.05) is 0 Å². The molecule has 1 aliphatic rings. The minimum absolute atomic E-state index is 0.633. The number of aliphatic hydroxyl groups excluding tert-OH is 1. The lowest BCUT2D eigenvalue weighted by atomic mass is 9.74. The normalized spacial score (nSPS) is 30.9. The third-order valence-electron chi connectivity index (χ3n) is 3.81. The van der Waals surface area contributed by atoms with Crippen LogP contribution < -0.4 is 5.73 Å². The third kappa shape index (κ3) is 4.35. The average Bonchev–Trinajstić information content (AvgIpc) is 2.26. The highest BCUT2D eigenvalue weighted by Crippen LogP contribution is 2.35. The van der Waals surface area contributed by atoms with Crippen LogP contribution in [-0.2, 0) is 0 Å². The van der Waals surface area contributed by atoms with E-state index >= 15 is 0 Å². The molecule has 0 aromatic rings. The fraction of sp³-hybridized carbons (Fsp3) is 0.846. The summed E-state index contributed by atoms with van der Waals surface area (Å²) in [6.07, 6.45) is 8.52. The lowest BCUT2D eigenvalue weighted by molar-refractivity contribution is 0.145. The lowest BCUT2D eigenvalue weighted by Crippen LogP contribution is -2.24. The predicted octanol–water partition coefficient (Wildman–Crippen LogP) is 2.67. The third-order valence-corrected chi connectivity index (χ3v) is 3.81. The quantitative estimate of drug-likeness (QED) is 0.542. The number of aliphatic hydroxyl groups is 1. The molecule has 0 aliphatic heterocycles. The molecule has 0 saturated heterocycles. The van der Waals surface area contributed by atoms with E-state index in [1.165, 1.54) is 25.7 Å². The van der Waals surface area contributed by atoms with Crippen LogP contribution in [0.25, 0.3) is 0 Å². The molecular weight excluding hydrogens is 186 g/mol. The highest BCUT2D eigenvalue weighted by Gasteiger charge is 2.24. The maximum absolute atomic E-state index is 9.06. The first kappa shape index (κ1) is 12.7. The molecule has 88 valence electrons. The zero-order chi connectivity index (χ0) is 11.3. The fourth-order valence-electron chi connectivity index (χ4n) is 2.67. The van der Waals surface area contributed by atoms with Crippen molar-refractivity contribution in [2.45, 2.75) is 51.7 Å². The first-order valence-corrected chi connectivity index (χ1v) is 6.19. The first-order chi connectivity index (χ1) is 7.13. The van der Waals surface area contributed by atoms with Gasteiger partial charge in [-0.25, -0.2) is 0 Å². The molecule has 3 N–H and O–H groups in total. The molecule has 2 heteroatoms. The van der Waals surface area contributed by atoms with Gasteiger partial charge in [0.25, 0.3) is 0 Å². The molecule has 3 unspecified atom stereocenters. The molecule has 0 spiro atoms. The van der Waals surface area contributed by atoms with Crippen LogP contribution >= 0.6 is 0 Å². The zero-order valence-corrected chi connectivity index (χ0v) is 9.86. The Morgan fingerprint density at radius 1 is 1.47 bits per heavy atom. The summed E-state index contributed by atoms with van der Waals surface area (Å²) >= 11 is 0. The molecule has 1 fully saturated rings. The van der Waals surface area contributed by atoms with Gasteiger partial charge in [0.15, 0.2) is 0 Å². The van der Waals surface area contributed by atoms with E-state index in [4.69, 9.17) is 10.8 Å². The highest BCUT2D eigenvalue weighted by atomic mass is 16.3. The molecule has 1 saturated carbocycles. The molecule has 1 aliphatic carbocycles. The van der Waals surface area contributed by atoms with E-state index in [9.17, 15) is 0 Å². The zero-order valence-electron chi connectivity index (χ0n) is 9.86. The molecule has 0 aromatic heterocycles. The summed E-state index contributed by atoms with van der Waals surface area (Å²) < 4.78 is 0. The van der Waals surface area contributed by atoms with Crippen LogP contribution in [0.15, 0.2) is 12.7 Å². The van der Waals surface area contributed by atoms with Crippen molar-refractivity contribution in [1.82, 2.24) is 0 Å². The number of allylic oxidation sites excluding steroid dienone is 1. The summed E-state index contributed by atoms with van der Waals surface area (Å²) in [5, 5.41) is 9.06. The van der Waals surface area contributed by atoms with Gasteiger partial charge in [-0.1, -0.05) is 25.8 Å². The first-order valence-electron chi connectivity index (χ1n) is 6.19. The topological polar surface area (TPSA) is 46.2 Å². The molecule has 4 atom stereocenters. The standard InChI is InChI=1S/C13H25NO/c1-3-11-5-4-6-12(9-11)10(2)7-8-13(14)15/h3,10-13,15H,1,4-9,14H2,2H3/t10-,11?,12?,13?/m0/s1. The second kappa shape index (κ2) is 6.29. The van der Waals surface area contributed by atoms with E-state index in [-0.39, 0.29) is 0 Å². The van der Waals surface area contributed by atoms with Crippen LogP contribution in [0.2, 0.25) is 0 Å². The molecule has 0 bridgehead atoms. The Bertz CT molecular complexity index is 191. The smallest absolute Gasteiger partial charge is 0.102 e. The largest absolute Gasteiger partial charge is 0.379 e. The summed E-state index contributed by atoms with van der Waals surface area (Å²) in [6, 6.07) is 0. The van der Waals surface area contributed by atoms with Gasteiger partial charge in [0.1, 0.15) is 6.23 Å². The number of hydrogen-bond donors (Lipinski definition) is 2. The molecular formula is C13H25NO. The van der Waals surface area contributed by atoms with E-state index in [1.807, 2.05) is 0 Å². The Morgan fingerprint density at radius 2 is 2.20 bits per heavy atom. The van der Waals surface area contributed by atoms with Crippen molar-refractivity contribution in [2.75, 3.05) is 0 Å². The van der Waals surface area contributed by atoms with Gasteiger partial charge in [-0.2, -0.15) is 0 Å². The Hall–Kier alpha value is -0.340. The molecule has 2 nitrogen and oxygen atoms in total. The average molecular weight is 211 g/mol. The van der Waals surface area contributed by atoms with Crippen LogP contribution in [0.1, 0.15) is 45.4 Å². The van der Waals surface area contributed by atoms with Crippen LogP contribution in [0.4, 0.5) is 0 Å². The summed E-state index contributed by atoms with van der Waals surface area (Å²) in [4.78, 5) is 0. The van der Waals surface area contributed by atoms with Crippen molar-refractivity contribution in [3.63, 3.8) is 0 Å². The highest BCUT2D eigenvalue weighted by molar-refractivity contribution is 4.86. The van der Waals surface area contributed by atoms with Gasteiger partial charge >= 0.3 is 0 Å². The van der Waals surface area contributed by atoms with Crippen LogP contribution in [0.5, 0.6) is 0 Å². The van der Waals surface area contributed by atoms with Crippen LogP contribution in [0, 0.1) is 17.8 Å². The second-order valence-electron chi connectivity index (χ2n) is 5.04. The van der Waals surface area contributed by atoms with Crippen molar-refractivity contribution >= 4 is 0 Å². The van der Waals surface area contributed by atoms with Crippen molar-refractivity contribution in [2.24, 2.45) is 23.5 Å². The van der Waals surface area contributed by atoms with E-state index in [2.05, 4.69) is 19.6 Å². The van der Waals surface area contributed by atoms with Gasteiger partial charge in [-0.15, -0.1) is 6.58 Å². The van der Waals surface area contributed by atoms with Crippen molar-refractivity contribution < 1.29 is 5.11 Å². The summed E-state index contributed by atoms with van der Waals surface area (Å²) in [6.45, 7) is 6.18.